The zero-order chi connectivity index (χ0) is 15.0. The summed E-state index contributed by atoms with van der Waals surface area (Å²) in [5, 5.41) is 2.09. The molecule has 0 spiro atoms. The first kappa shape index (κ1) is 14.2. The number of benzene rings is 3. The Bertz CT molecular complexity index is 838. The number of nitrogen functional groups attached to an aromatic ring is 1. The zero-order valence-electron chi connectivity index (χ0n) is 10.7. The van der Waals surface area contributed by atoms with Gasteiger partial charge in [-0.1, -0.05) is 39.7 Å². The van der Waals surface area contributed by atoms with Gasteiger partial charge in [0.1, 0.15) is 11.6 Å². The van der Waals surface area contributed by atoms with Crippen LogP contribution in [0.1, 0.15) is 0 Å². The van der Waals surface area contributed by atoms with E-state index in [0.717, 1.165) is 21.3 Å². The topological polar surface area (TPSA) is 35.2 Å². The average Bonchev–Trinajstić information content (AvgIpc) is 2.45. The Balaban J connectivity index is 1.98. The molecule has 0 amide bonds. The van der Waals surface area contributed by atoms with E-state index in [9.17, 15) is 4.39 Å². The van der Waals surface area contributed by atoms with Gasteiger partial charge in [0.2, 0.25) is 0 Å². The van der Waals surface area contributed by atoms with Crippen LogP contribution in [-0.2, 0) is 0 Å². The molecule has 0 saturated carbocycles. The zero-order valence-corrected chi connectivity index (χ0v) is 13.1. The maximum Gasteiger partial charge on any atom is 0.151 e. The van der Waals surface area contributed by atoms with E-state index in [1.165, 1.54) is 6.07 Å². The van der Waals surface area contributed by atoms with Crippen molar-refractivity contribution in [2.45, 2.75) is 0 Å². The molecule has 2 N–H and O–H groups in total. The molecule has 0 unspecified atom stereocenters. The van der Waals surface area contributed by atoms with E-state index in [4.69, 9.17) is 22.1 Å². The molecule has 0 radical (unpaired) electrons. The minimum Gasteiger partial charge on any atom is -0.455 e. The fraction of sp³-hybridized carbons (Fsp3) is 0. The van der Waals surface area contributed by atoms with Gasteiger partial charge in [0.15, 0.2) is 5.75 Å². The standard InChI is InChI=1S/C16H10BrClFNO/c17-11-3-1-10-6-12(4-2-9(10)5-11)21-16-7-13(18)14(19)8-15(16)20/h1-8H,20H2. The number of halogens is 3. The van der Waals surface area contributed by atoms with Crippen molar-refractivity contribution in [2.75, 3.05) is 5.73 Å². The Morgan fingerprint density at radius 3 is 2.52 bits per heavy atom. The molecular weight excluding hydrogens is 357 g/mol. The molecule has 0 atom stereocenters. The van der Waals surface area contributed by atoms with E-state index in [0.29, 0.717) is 11.5 Å². The third kappa shape index (κ3) is 2.96. The minimum absolute atomic E-state index is 0.0241. The Morgan fingerprint density at radius 1 is 1.00 bits per heavy atom. The summed E-state index contributed by atoms with van der Waals surface area (Å²) in [6, 6.07) is 14.1. The molecule has 0 aliphatic carbocycles. The minimum atomic E-state index is -0.565. The lowest BCUT2D eigenvalue weighted by molar-refractivity contribution is 0.484. The van der Waals surface area contributed by atoms with Crippen LogP contribution in [0.2, 0.25) is 5.02 Å². The lowest BCUT2D eigenvalue weighted by atomic mass is 10.1. The van der Waals surface area contributed by atoms with Crippen LogP contribution in [0, 0.1) is 5.82 Å². The molecule has 3 rings (SSSR count). The number of ether oxygens (including phenoxy) is 1. The number of hydrogen-bond donors (Lipinski definition) is 1. The predicted molar refractivity (Wildman–Crippen MR) is 87.5 cm³/mol. The van der Waals surface area contributed by atoms with Gasteiger partial charge in [-0.15, -0.1) is 0 Å². The third-order valence-electron chi connectivity index (χ3n) is 3.05. The molecule has 3 aromatic rings. The van der Waals surface area contributed by atoms with Crippen LogP contribution in [0.25, 0.3) is 10.8 Å². The van der Waals surface area contributed by atoms with Gasteiger partial charge in [-0.3, -0.25) is 0 Å². The molecule has 0 aliphatic heterocycles. The fourth-order valence-corrected chi connectivity index (χ4v) is 2.55. The quantitative estimate of drug-likeness (QED) is 0.584. The summed E-state index contributed by atoms with van der Waals surface area (Å²) in [5.74, 6) is 0.377. The summed E-state index contributed by atoms with van der Waals surface area (Å²) >= 11 is 9.18. The predicted octanol–water partition coefficient (Wildman–Crippen LogP) is 5.77. The highest BCUT2D eigenvalue weighted by Crippen LogP contribution is 2.33. The molecule has 0 aliphatic rings. The smallest absolute Gasteiger partial charge is 0.151 e. The Kier molecular flexibility index (Phi) is 3.74. The number of fused-ring (bicyclic) bond motifs is 1. The molecule has 3 aromatic carbocycles. The summed E-state index contributed by atoms with van der Waals surface area (Å²) in [5.41, 5.74) is 5.94. The van der Waals surface area contributed by atoms with Gasteiger partial charge in [0.05, 0.1) is 10.7 Å². The van der Waals surface area contributed by atoms with Crippen molar-refractivity contribution in [3.05, 3.63) is 63.8 Å². The molecule has 5 heteroatoms. The van der Waals surface area contributed by atoms with Crippen molar-refractivity contribution >= 4 is 44.0 Å². The van der Waals surface area contributed by atoms with Crippen LogP contribution in [0.4, 0.5) is 10.1 Å². The van der Waals surface area contributed by atoms with Gasteiger partial charge in [0.25, 0.3) is 0 Å². The Morgan fingerprint density at radius 2 is 1.71 bits per heavy atom. The van der Waals surface area contributed by atoms with Crippen molar-refractivity contribution in [2.24, 2.45) is 0 Å². The van der Waals surface area contributed by atoms with Gasteiger partial charge in [0, 0.05) is 16.6 Å². The highest BCUT2D eigenvalue weighted by Gasteiger charge is 2.09. The van der Waals surface area contributed by atoms with Crippen molar-refractivity contribution in [3.8, 4) is 11.5 Å². The molecule has 0 aromatic heterocycles. The first-order valence-electron chi connectivity index (χ1n) is 6.14. The van der Waals surface area contributed by atoms with E-state index >= 15 is 0 Å². The monoisotopic (exact) mass is 365 g/mol. The Labute approximate surface area is 134 Å². The number of anilines is 1. The summed E-state index contributed by atoms with van der Waals surface area (Å²) in [6.07, 6.45) is 0. The van der Waals surface area contributed by atoms with Crippen molar-refractivity contribution in [1.82, 2.24) is 0 Å². The lowest BCUT2D eigenvalue weighted by Gasteiger charge is -2.10. The van der Waals surface area contributed by atoms with Crippen molar-refractivity contribution in [1.29, 1.82) is 0 Å². The Hall–Kier alpha value is -1.78. The second-order valence-corrected chi connectivity index (χ2v) is 5.88. The summed E-state index contributed by atoms with van der Waals surface area (Å²) < 4.78 is 20.0. The van der Waals surface area contributed by atoms with Gasteiger partial charge in [-0.05, 0) is 35.0 Å². The largest absolute Gasteiger partial charge is 0.455 e. The molecule has 21 heavy (non-hydrogen) atoms. The molecular formula is C16H10BrClFNO. The number of nitrogens with two attached hydrogens (primary N) is 1. The molecule has 0 fully saturated rings. The van der Waals surface area contributed by atoms with Crippen LogP contribution in [0.15, 0.2) is 53.0 Å². The van der Waals surface area contributed by atoms with Crippen LogP contribution in [0.5, 0.6) is 11.5 Å². The van der Waals surface area contributed by atoms with Gasteiger partial charge in [-0.25, -0.2) is 4.39 Å². The van der Waals surface area contributed by atoms with E-state index in [-0.39, 0.29) is 10.7 Å². The SMILES string of the molecule is Nc1cc(F)c(Cl)cc1Oc1ccc2cc(Br)ccc2c1. The summed E-state index contributed by atoms with van der Waals surface area (Å²) in [4.78, 5) is 0. The lowest BCUT2D eigenvalue weighted by Crippen LogP contribution is -1.94. The molecule has 0 heterocycles. The van der Waals surface area contributed by atoms with E-state index in [2.05, 4.69) is 15.9 Å². The van der Waals surface area contributed by atoms with E-state index < -0.39 is 5.82 Å². The van der Waals surface area contributed by atoms with E-state index in [1.807, 2.05) is 36.4 Å². The van der Waals surface area contributed by atoms with Crippen LogP contribution in [0.3, 0.4) is 0 Å². The third-order valence-corrected chi connectivity index (χ3v) is 3.84. The highest BCUT2D eigenvalue weighted by molar-refractivity contribution is 9.10. The first-order valence-corrected chi connectivity index (χ1v) is 7.32. The summed E-state index contributed by atoms with van der Waals surface area (Å²) in [6.45, 7) is 0. The van der Waals surface area contributed by atoms with Crippen LogP contribution >= 0.6 is 27.5 Å². The molecule has 2 nitrogen and oxygen atoms in total. The van der Waals surface area contributed by atoms with Gasteiger partial charge >= 0.3 is 0 Å². The molecule has 106 valence electrons. The number of hydrogen-bond acceptors (Lipinski definition) is 2. The van der Waals surface area contributed by atoms with Crippen molar-refractivity contribution in [3.63, 3.8) is 0 Å². The first-order chi connectivity index (χ1) is 10.0. The second kappa shape index (κ2) is 5.54. The average molecular weight is 367 g/mol. The normalized spacial score (nSPS) is 10.8. The van der Waals surface area contributed by atoms with E-state index in [1.54, 1.807) is 0 Å². The maximum absolute atomic E-state index is 13.3. The van der Waals surface area contributed by atoms with Crippen molar-refractivity contribution < 1.29 is 9.13 Å². The molecule has 0 saturated heterocycles. The molecule has 0 bridgehead atoms. The highest BCUT2D eigenvalue weighted by atomic mass is 79.9. The van der Waals surface area contributed by atoms with Crippen LogP contribution in [-0.4, -0.2) is 0 Å². The maximum atomic E-state index is 13.3. The number of rotatable bonds is 2. The van der Waals surface area contributed by atoms with Gasteiger partial charge in [-0.2, -0.15) is 0 Å². The fourth-order valence-electron chi connectivity index (χ4n) is 2.02. The van der Waals surface area contributed by atoms with Gasteiger partial charge < -0.3 is 10.5 Å². The second-order valence-electron chi connectivity index (χ2n) is 4.56. The van der Waals surface area contributed by atoms with Crippen LogP contribution < -0.4 is 10.5 Å². The summed E-state index contributed by atoms with van der Waals surface area (Å²) in [7, 11) is 0.